The number of carbonyl (C=O) groups excluding carboxylic acids is 2. The average Bonchev–Trinajstić information content (AvgIpc) is 3.61. The first-order valence-electron chi connectivity index (χ1n) is 15.8. The molecule has 1 fully saturated rings. The summed E-state index contributed by atoms with van der Waals surface area (Å²) in [5, 5.41) is 3.55. The van der Waals surface area contributed by atoms with Gasteiger partial charge in [-0.25, -0.2) is 8.42 Å². The molecule has 1 N–H and O–H groups in total. The predicted molar refractivity (Wildman–Crippen MR) is 182 cm³/mol. The van der Waals surface area contributed by atoms with Gasteiger partial charge in [0.15, 0.2) is 18.1 Å². The van der Waals surface area contributed by atoms with Crippen molar-refractivity contribution < 1.29 is 37.0 Å². The molecule has 1 atom stereocenters. The Balaban J connectivity index is 1.21. The monoisotopic (exact) mass is 705 g/mol. The number of morpholine rings is 1. The largest absolute Gasteiger partial charge is 0.484 e. The van der Waals surface area contributed by atoms with Crippen LogP contribution in [-0.4, -0.2) is 75.2 Å². The van der Waals surface area contributed by atoms with Gasteiger partial charge >= 0.3 is 0 Å². The zero-order valence-corrected chi connectivity index (χ0v) is 28.2. The van der Waals surface area contributed by atoms with Crippen molar-refractivity contribution in [1.29, 1.82) is 0 Å². The number of hydrogen-bond donors (Lipinski definition) is 1. The van der Waals surface area contributed by atoms with Gasteiger partial charge in [0.05, 0.1) is 18.1 Å². The lowest BCUT2D eigenvalue weighted by molar-refractivity contribution is -0.142. The van der Waals surface area contributed by atoms with E-state index in [0.29, 0.717) is 35.5 Å². The highest BCUT2D eigenvalue weighted by Crippen LogP contribution is 2.32. The number of halogens is 1. The fraction of sp³-hybridized carbons (Fsp3) is 0.278. The Kier molecular flexibility index (Phi) is 11.0. The van der Waals surface area contributed by atoms with Crippen LogP contribution in [0.4, 0.5) is 0 Å². The Labute approximate surface area is 290 Å². The molecule has 4 aromatic rings. The second kappa shape index (κ2) is 15.7. The van der Waals surface area contributed by atoms with E-state index >= 15 is 0 Å². The summed E-state index contributed by atoms with van der Waals surface area (Å²) in [7, 11) is -3.68. The lowest BCUT2D eigenvalue weighted by atomic mass is 10.0. The number of hydrogen-bond acceptors (Lipinski definition) is 8. The highest BCUT2D eigenvalue weighted by Gasteiger charge is 2.31. The normalized spacial score (nSPS) is 15.0. The van der Waals surface area contributed by atoms with Crippen LogP contribution >= 0.6 is 11.6 Å². The molecule has 2 amide bonds. The van der Waals surface area contributed by atoms with Crippen LogP contribution < -0.4 is 19.5 Å². The third kappa shape index (κ3) is 8.70. The Hall–Kier alpha value is -4.62. The van der Waals surface area contributed by atoms with Gasteiger partial charge in [0.1, 0.15) is 11.8 Å². The number of rotatable bonds is 13. The lowest BCUT2D eigenvalue weighted by Gasteiger charge is -2.31. The van der Waals surface area contributed by atoms with E-state index < -0.39 is 22.0 Å². The molecular formula is C36H36ClN3O8S. The standard InChI is InChI=1S/C36H36ClN3O8S/c37-29-9-6-27(7-10-29)23-40(35(41)24-46-30-11-13-31(14-12-30)49(43,44)39-16-18-45-19-17-39)32(20-26-4-2-1-3-5-26)36(42)38-22-28-8-15-33-34(21-28)48-25-47-33/h1-15,21,32H,16-20,22-25H2,(H,38,42)/t32-/m1/s1. The molecule has 6 rings (SSSR count). The minimum absolute atomic E-state index is 0.116. The van der Waals surface area contributed by atoms with Crippen LogP contribution in [-0.2, 0) is 43.9 Å². The van der Waals surface area contributed by atoms with Gasteiger partial charge in [-0.2, -0.15) is 4.31 Å². The van der Waals surface area contributed by atoms with E-state index in [1.165, 1.54) is 33.5 Å². The van der Waals surface area contributed by atoms with Crippen molar-refractivity contribution in [2.24, 2.45) is 0 Å². The maximum absolute atomic E-state index is 14.0. The number of carbonyl (C=O) groups is 2. The quantitative estimate of drug-likeness (QED) is 0.217. The minimum atomic E-state index is -3.68. The van der Waals surface area contributed by atoms with Gasteiger partial charge in [0.25, 0.3) is 5.91 Å². The van der Waals surface area contributed by atoms with Crippen LogP contribution in [0.3, 0.4) is 0 Å². The number of fused-ring (bicyclic) bond motifs is 1. The Bertz CT molecular complexity index is 1850. The maximum atomic E-state index is 14.0. The summed E-state index contributed by atoms with van der Waals surface area (Å²) in [4.78, 5) is 29.6. The van der Waals surface area contributed by atoms with Crippen molar-refractivity contribution in [3.63, 3.8) is 0 Å². The van der Waals surface area contributed by atoms with Crippen molar-refractivity contribution in [3.8, 4) is 17.2 Å². The molecule has 0 radical (unpaired) electrons. The number of benzene rings is 4. The zero-order valence-electron chi connectivity index (χ0n) is 26.6. The molecule has 0 aromatic heterocycles. The topological polar surface area (TPSA) is 124 Å². The minimum Gasteiger partial charge on any atom is -0.484 e. The molecule has 13 heteroatoms. The van der Waals surface area contributed by atoms with Gasteiger partial charge in [0, 0.05) is 37.6 Å². The van der Waals surface area contributed by atoms with E-state index in [-0.39, 0.29) is 56.8 Å². The summed E-state index contributed by atoms with van der Waals surface area (Å²) >= 11 is 6.14. The van der Waals surface area contributed by atoms with Crippen LogP contribution in [0.25, 0.3) is 0 Å². The highest BCUT2D eigenvalue weighted by atomic mass is 35.5. The van der Waals surface area contributed by atoms with Gasteiger partial charge in [-0.05, 0) is 65.2 Å². The van der Waals surface area contributed by atoms with Crippen molar-refractivity contribution in [2.75, 3.05) is 39.7 Å². The third-order valence-electron chi connectivity index (χ3n) is 8.23. The van der Waals surface area contributed by atoms with Crippen molar-refractivity contribution in [2.45, 2.75) is 30.4 Å². The number of ether oxygens (including phenoxy) is 4. The summed E-state index contributed by atoms with van der Waals surface area (Å²) in [5.41, 5.74) is 2.46. The maximum Gasteiger partial charge on any atom is 0.261 e. The molecule has 0 unspecified atom stereocenters. The first kappa shape index (κ1) is 34.3. The summed E-state index contributed by atoms with van der Waals surface area (Å²) in [6, 6.07) is 27.1. The van der Waals surface area contributed by atoms with Crippen LogP contribution in [0.1, 0.15) is 16.7 Å². The lowest BCUT2D eigenvalue weighted by Crippen LogP contribution is -2.51. The molecule has 2 aliphatic heterocycles. The molecule has 2 aliphatic rings. The summed E-state index contributed by atoms with van der Waals surface area (Å²) in [5.74, 6) is 0.786. The fourth-order valence-corrected chi connectivity index (χ4v) is 7.10. The van der Waals surface area contributed by atoms with E-state index in [1.807, 2.05) is 42.5 Å². The molecule has 49 heavy (non-hydrogen) atoms. The summed E-state index contributed by atoms with van der Waals surface area (Å²) in [6.07, 6.45) is 0.251. The Morgan fingerprint density at radius 2 is 1.55 bits per heavy atom. The second-order valence-electron chi connectivity index (χ2n) is 11.5. The predicted octanol–water partition coefficient (Wildman–Crippen LogP) is 4.42. The third-order valence-corrected chi connectivity index (χ3v) is 10.4. The van der Waals surface area contributed by atoms with E-state index in [0.717, 1.165) is 16.7 Å². The first-order valence-corrected chi connectivity index (χ1v) is 17.6. The molecule has 4 aromatic carbocycles. The van der Waals surface area contributed by atoms with E-state index in [2.05, 4.69) is 5.32 Å². The molecule has 11 nitrogen and oxygen atoms in total. The van der Waals surface area contributed by atoms with Gasteiger partial charge < -0.3 is 29.2 Å². The molecule has 1 saturated heterocycles. The van der Waals surface area contributed by atoms with Gasteiger partial charge in [-0.3, -0.25) is 9.59 Å². The number of amides is 2. The van der Waals surface area contributed by atoms with Crippen LogP contribution in [0.15, 0.2) is 102 Å². The molecular weight excluding hydrogens is 670 g/mol. The number of sulfonamides is 1. The zero-order chi connectivity index (χ0) is 34.2. The van der Waals surface area contributed by atoms with Crippen LogP contribution in [0.2, 0.25) is 5.02 Å². The van der Waals surface area contributed by atoms with E-state index in [4.69, 9.17) is 30.5 Å². The average molecular weight is 706 g/mol. The highest BCUT2D eigenvalue weighted by molar-refractivity contribution is 7.89. The second-order valence-corrected chi connectivity index (χ2v) is 13.9. The fourth-order valence-electron chi connectivity index (χ4n) is 5.57. The van der Waals surface area contributed by atoms with Crippen LogP contribution in [0.5, 0.6) is 17.2 Å². The first-order chi connectivity index (χ1) is 23.8. The summed E-state index contributed by atoms with van der Waals surface area (Å²) in [6.45, 7) is 1.34. The smallest absolute Gasteiger partial charge is 0.261 e. The molecule has 2 heterocycles. The SMILES string of the molecule is O=C(NCc1ccc2c(c1)OCO2)[C@@H](Cc1ccccc1)N(Cc1ccc(Cl)cc1)C(=O)COc1ccc(S(=O)(=O)N2CCOCC2)cc1. The Morgan fingerprint density at radius 1 is 0.857 bits per heavy atom. The molecule has 0 saturated carbocycles. The number of nitrogens with zero attached hydrogens (tertiary/aromatic N) is 2. The van der Waals surface area contributed by atoms with Crippen molar-refractivity contribution >= 4 is 33.4 Å². The number of nitrogens with one attached hydrogen (secondary N) is 1. The van der Waals surface area contributed by atoms with Gasteiger partial charge in [-0.1, -0.05) is 60.1 Å². The van der Waals surface area contributed by atoms with Crippen LogP contribution in [0, 0.1) is 0 Å². The van der Waals surface area contributed by atoms with E-state index in [1.54, 1.807) is 30.3 Å². The van der Waals surface area contributed by atoms with Crippen molar-refractivity contribution in [3.05, 3.63) is 119 Å². The molecule has 0 bridgehead atoms. The van der Waals surface area contributed by atoms with Crippen molar-refractivity contribution in [1.82, 2.24) is 14.5 Å². The van der Waals surface area contributed by atoms with Gasteiger partial charge in [-0.15, -0.1) is 0 Å². The van der Waals surface area contributed by atoms with E-state index in [9.17, 15) is 18.0 Å². The molecule has 0 aliphatic carbocycles. The molecule has 256 valence electrons. The van der Waals surface area contributed by atoms with Gasteiger partial charge in [0.2, 0.25) is 22.7 Å². The summed E-state index contributed by atoms with van der Waals surface area (Å²) < 4.78 is 49.5. The molecule has 0 spiro atoms. The Morgan fingerprint density at radius 3 is 2.29 bits per heavy atom.